The highest BCUT2D eigenvalue weighted by atomic mass is 32.2. The van der Waals surface area contributed by atoms with Gasteiger partial charge in [-0.05, 0) is 44.0 Å². The Morgan fingerprint density at radius 2 is 2.13 bits per heavy atom. The smallest absolute Gasteiger partial charge is 0.233 e. The lowest BCUT2D eigenvalue weighted by molar-refractivity contribution is -0.128. The predicted octanol–water partition coefficient (Wildman–Crippen LogP) is 2.42. The number of hydrogen-bond donors (Lipinski definition) is 1. The zero-order chi connectivity index (χ0) is 16.8. The van der Waals surface area contributed by atoms with Crippen molar-refractivity contribution in [3.63, 3.8) is 0 Å². The summed E-state index contributed by atoms with van der Waals surface area (Å²) in [7, 11) is 0. The fourth-order valence-electron chi connectivity index (χ4n) is 2.27. The quantitative estimate of drug-likeness (QED) is 0.791. The molecule has 2 aromatic rings. The van der Waals surface area contributed by atoms with E-state index in [9.17, 15) is 4.79 Å². The average Bonchev–Trinajstić information content (AvgIpc) is 3.01. The van der Waals surface area contributed by atoms with Gasteiger partial charge in [0.1, 0.15) is 0 Å². The number of amides is 1. The van der Waals surface area contributed by atoms with Crippen LogP contribution in [0.2, 0.25) is 0 Å². The molecule has 0 spiro atoms. The van der Waals surface area contributed by atoms with Crippen LogP contribution in [0.15, 0.2) is 35.7 Å². The third-order valence-electron chi connectivity index (χ3n) is 3.80. The number of benzene rings is 1. The van der Waals surface area contributed by atoms with Gasteiger partial charge >= 0.3 is 0 Å². The minimum absolute atomic E-state index is 0.0124. The lowest BCUT2D eigenvalue weighted by Gasteiger charge is -2.19. The van der Waals surface area contributed by atoms with E-state index in [1.54, 1.807) is 11.1 Å². The molecule has 0 fully saturated rings. The fraction of sp³-hybridized carbons (Fsp3) is 0.412. The van der Waals surface area contributed by atoms with E-state index < -0.39 is 0 Å². The average molecular weight is 333 g/mol. The number of aromatic nitrogens is 2. The Labute approximate surface area is 141 Å². The number of rotatable bonds is 7. The summed E-state index contributed by atoms with van der Waals surface area (Å²) in [4.78, 5) is 18.2. The summed E-state index contributed by atoms with van der Waals surface area (Å²) >= 11 is 1.42. The van der Waals surface area contributed by atoms with Gasteiger partial charge in [0.2, 0.25) is 5.91 Å². The lowest BCUT2D eigenvalue weighted by Crippen LogP contribution is -2.34. The highest BCUT2D eigenvalue weighted by Crippen LogP contribution is 2.22. The number of aliphatic hydroxyl groups is 1. The van der Waals surface area contributed by atoms with Gasteiger partial charge in [-0.3, -0.25) is 9.36 Å². The normalized spacial score (nSPS) is 10.8. The number of imidazole rings is 1. The van der Waals surface area contributed by atoms with E-state index in [1.807, 2.05) is 17.7 Å². The van der Waals surface area contributed by atoms with Gasteiger partial charge in [-0.1, -0.05) is 17.8 Å². The molecule has 0 bridgehead atoms. The number of carbonyl (C=O) groups excluding carboxylic acids is 1. The molecule has 0 aliphatic heterocycles. The van der Waals surface area contributed by atoms with Crippen molar-refractivity contribution in [1.29, 1.82) is 0 Å². The van der Waals surface area contributed by atoms with Gasteiger partial charge in [-0.25, -0.2) is 4.98 Å². The third-order valence-corrected chi connectivity index (χ3v) is 4.76. The number of carbonyl (C=O) groups is 1. The summed E-state index contributed by atoms with van der Waals surface area (Å²) < 4.78 is 1.99. The molecule has 0 saturated carbocycles. The predicted molar refractivity (Wildman–Crippen MR) is 93.1 cm³/mol. The largest absolute Gasteiger partial charge is 0.395 e. The highest BCUT2D eigenvalue weighted by Gasteiger charge is 2.14. The Balaban J connectivity index is 2.09. The zero-order valence-corrected chi connectivity index (χ0v) is 14.6. The maximum atomic E-state index is 12.2. The maximum absolute atomic E-state index is 12.2. The first kappa shape index (κ1) is 17.6. The molecule has 23 heavy (non-hydrogen) atoms. The summed E-state index contributed by atoms with van der Waals surface area (Å²) in [5.74, 6) is 0.330. The van der Waals surface area contributed by atoms with Crippen LogP contribution in [0, 0.1) is 13.8 Å². The van der Waals surface area contributed by atoms with Crippen LogP contribution in [-0.2, 0) is 4.79 Å². The molecule has 0 aliphatic rings. The molecule has 1 heterocycles. The van der Waals surface area contributed by atoms with E-state index in [1.165, 1.54) is 22.9 Å². The van der Waals surface area contributed by atoms with Crippen LogP contribution >= 0.6 is 11.8 Å². The van der Waals surface area contributed by atoms with Crippen LogP contribution in [-0.4, -0.2) is 50.9 Å². The summed E-state index contributed by atoms with van der Waals surface area (Å²) in [5.41, 5.74) is 3.52. The molecule has 0 saturated heterocycles. The van der Waals surface area contributed by atoms with Gasteiger partial charge in [0.15, 0.2) is 5.16 Å². The molecule has 0 atom stereocenters. The van der Waals surface area contributed by atoms with Gasteiger partial charge in [0.05, 0.1) is 12.4 Å². The van der Waals surface area contributed by atoms with Crippen molar-refractivity contribution in [3.8, 4) is 5.69 Å². The van der Waals surface area contributed by atoms with Crippen LogP contribution < -0.4 is 0 Å². The molecule has 0 radical (unpaired) electrons. The Bertz CT molecular complexity index is 670. The molecule has 0 unspecified atom stereocenters. The van der Waals surface area contributed by atoms with E-state index in [4.69, 9.17) is 5.11 Å². The Hall–Kier alpha value is -1.79. The second-order valence-electron chi connectivity index (χ2n) is 5.33. The van der Waals surface area contributed by atoms with E-state index >= 15 is 0 Å². The molecular weight excluding hydrogens is 310 g/mol. The molecule has 5 nitrogen and oxygen atoms in total. The number of likely N-dealkylation sites (N-methyl/N-ethyl adjacent to an activating group) is 1. The van der Waals surface area contributed by atoms with Crippen molar-refractivity contribution in [2.75, 3.05) is 25.4 Å². The van der Waals surface area contributed by atoms with Crippen LogP contribution in [0.4, 0.5) is 0 Å². The van der Waals surface area contributed by atoms with Gasteiger partial charge in [0.25, 0.3) is 0 Å². The highest BCUT2D eigenvalue weighted by molar-refractivity contribution is 7.99. The number of hydrogen-bond acceptors (Lipinski definition) is 4. The Morgan fingerprint density at radius 3 is 2.78 bits per heavy atom. The number of thioether (sulfide) groups is 1. The second-order valence-corrected chi connectivity index (χ2v) is 6.28. The minimum Gasteiger partial charge on any atom is -0.395 e. The van der Waals surface area contributed by atoms with E-state index in [2.05, 4.69) is 37.0 Å². The summed E-state index contributed by atoms with van der Waals surface area (Å²) in [6.45, 7) is 7.05. The van der Waals surface area contributed by atoms with Gasteiger partial charge in [-0.2, -0.15) is 0 Å². The molecule has 124 valence electrons. The summed E-state index contributed by atoms with van der Waals surface area (Å²) in [6, 6.07) is 6.26. The second kappa shape index (κ2) is 8.17. The van der Waals surface area contributed by atoms with Crippen molar-refractivity contribution in [2.24, 2.45) is 0 Å². The Morgan fingerprint density at radius 1 is 1.35 bits per heavy atom. The summed E-state index contributed by atoms with van der Waals surface area (Å²) in [6.07, 6.45) is 3.65. The lowest BCUT2D eigenvalue weighted by atomic mass is 10.1. The molecule has 1 aromatic heterocycles. The van der Waals surface area contributed by atoms with E-state index in [-0.39, 0.29) is 12.5 Å². The number of aliphatic hydroxyl groups excluding tert-OH is 1. The van der Waals surface area contributed by atoms with Gasteiger partial charge < -0.3 is 10.0 Å². The molecule has 1 N–H and O–H groups in total. The molecule has 2 rings (SSSR count). The SMILES string of the molecule is CCN(CCO)C(=O)CSc1nccn1-c1ccc(C)c(C)c1. The number of aryl methyl sites for hydroxylation is 2. The first-order valence-electron chi connectivity index (χ1n) is 7.69. The van der Waals surface area contributed by atoms with Crippen LogP contribution in [0.5, 0.6) is 0 Å². The van der Waals surface area contributed by atoms with Crippen molar-refractivity contribution in [3.05, 3.63) is 41.7 Å². The first-order chi connectivity index (χ1) is 11.1. The van der Waals surface area contributed by atoms with Crippen molar-refractivity contribution >= 4 is 17.7 Å². The molecule has 1 aromatic carbocycles. The first-order valence-corrected chi connectivity index (χ1v) is 8.67. The Kier molecular flexibility index (Phi) is 6.24. The van der Waals surface area contributed by atoms with Crippen molar-refractivity contribution in [1.82, 2.24) is 14.5 Å². The molecule has 0 aliphatic carbocycles. The fourth-order valence-corrected chi connectivity index (χ4v) is 3.14. The molecular formula is C17H23N3O2S. The molecule has 6 heteroatoms. The summed E-state index contributed by atoms with van der Waals surface area (Å²) in [5, 5.41) is 9.79. The topological polar surface area (TPSA) is 58.4 Å². The van der Waals surface area contributed by atoms with Gasteiger partial charge in [0, 0.05) is 31.2 Å². The monoisotopic (exact) mass is 333 g/mol. The standard InChI is InChI=1S/C17H23N3O2S/c1-4-19(9-10-21)16(22)12-23-17-18-7-8-20(17)15-6-5-13(2)14(3)11-15/h5-8,11,21H,4,9-10,12H2,1-3H3. The third kappa shape index (κ3) is 4.36. The maximum Gasteiger partial charge on any atom is 0.233 e. The van der Waals surface area contributed by atoms with Crippen LogP contribution in [0.1, 0.15) is 18.1 Å². The van der Waals surface area contributed by atoms with Crippen LogP contribution in [0.25, 0.3) is 5.69 Å². The minimum atomic E-state index is -0.0124. The van der Waals surface area contributed by atoms with E-state index in [0.29, 0.717) is 18.8 Å². The van der Waals surface area contributed by atoms with Crippen LogP contribution in [0.3, 0.4) is 0 Å². The van der Waals surface area contributed by atoms with Crippen molar-refractivity contribution in [2.45, 2.75) is 25.9 Å². The molecule has 1 amide bonds. The van der Waals surface area contributed by atoms with E-state index in [0.717, 1.165) is 10.8 Å². The number of nitrogens with zero attached hydrogens (tertiary/aromatic N) is 3. The van der Waals surface area contributed by atoms with Crippen molar-refractivity contribution < 1.29 is 9.90 Å². The zero-order valence-electron chi connectivity index (χ0n) is 13.8. The van der Waals surface area contributed by atoms with Gasteiger partial charge in [-0.15, -0.1) is 0 Å².